The van der Waals surface area contributed by atoms with Crippen molar-refractivity contribution in [1.82, 2.24) is 5.32 Å². The summed E-state index contributed by atoms with van der Waals surface area (Å²) in [5.74, 6) is -0.910. The molecular formula is C16H17N3O6. The monoisotopic (exact) mass is 347 g/mol. The summed E-state index contributed by atoms with van der Waals surface area (Å²) < 4.78 is 5.27. The van der Waals surface area contributed by atoms with Gasteiger partial charge in [0.25, 0.3) is 5.69 Å². The summed E-state index contributed by atoms with van der Waals surface area (Å²) in [6, 6.07) is 7.47. The lowest BCUT2D eigenvalue weighted by Crippen LogP contribution is -2.35. The predicted octanol–water partition coefficient (Wildman–Crippen LogP) is 1.95. The Bertz CT molecular complexity index is 814. The Labute approximate surface area is 143 Å². The minimum absolute atomic E-state index is 0.0255. The predicted molar refractivity (Wildman–Crippen MR) is 88.6 cm³/mol. The van der Waals surface area contributed by atoms with Crippen LogP contribution in [0.15, 0.2) is 34.7 Å². The molecule has 0 aliphatic rings. The summed E-state index contributed by atoms with van der Waals surface area (Å²) in [4.78, 5) is 35.0. The molecule has 0 atom stereocenters. The van der Waals surface area contributed by atoms with Gasteiger partial charge in [-0.3, -0.25) is 14.9 Å². The fourth-order valence-corrected chi connectivity index (χ4v) is 2.33. The zero-order valence-corrected chi connectivity index (χ0v) is 13.7. The van der Waals surface area contributed by atoms with Gasteiger partial charge in [-0.25, -0.2) is 4.79 Å². The molecule has 0 unspecified atom stereocenters. The molecule has 1 heterocycles. The molecule has 9 nitrogen and oxygen atoms in total. The fraction of sp³-hybridized carbons (Fsp3) is 0.250. The normalized spacial score (nSPS) is 10.3. The van der Waals surface area contributed by atoms with E-state index in [1.165, 1.54) is 24.0 Å². The number of benzene rings is 1. The molecule has 2 N–H and O–H groups in total. The van der Waals surface area contributed by atoms with Gasteiger partial charge in [-0.2, -0.15) is 0 Å². The molecule has 0 saturated heterocycles. The number of furan rings is 1. The van der Waals surface area contributed by atoms with E-state index in [4.69, 9.17) is 9.52 Å². The Kier molecular flexibility index (Phi) is 5.38. The molecule has 0 aliphatic heterocycles. The lowest BCUT2D eigenvalue weighted by molar-refractivity contribution is -0.384. The first kappa shape index (κ1) is 18.0. The van der Waals surface area contributed by atoms with Gasteiger partial charge in [0.05, 0.1) is 18.0 Å². The molecule has 0 bridgehead atoms. The van der Waals surface area contributed by atoms with Crippen LogP contribution < -0.4 is 10.2 Å². The highest BCUT2D eigenvalue weighted by Crippen LogP contribution is 2.26. The minimum Gasteiger partial charge on any atom is -0.478 e. The zero-order valence-electron chi connectivity index (χ0n) is 13.7. The highest BCUT2D eigenvalue weighted by Gasteiger charge is 2.18. The number of nitro benzene ring substituents is 1. The Morgan fingerprint density at radius 2 is 2.04 bits per heavy atom. The molecule has 2 aromatic rings. The van der Waals surface area contributed by atoms with Crippen molar-refractivity contribution in [2.75, 3.05) is 18.5 Å². The number of carbonyl (C=O) groups is 2. The van der Waals surface area contributed by atoms with Gasteiger partial charge in [-0.05, 0) is 19.1 Å². The zero-order chi connectivity index (χ0) is 18.6. The number of likely N-dealkylation sites (N-methyl/N-ethyl adjacent to an activating group) is 1. The van der Waals surface area contributed by atoms with Gasteiger partial charge in [0.2, 0.25) is 5.91 Å². The summed E-state index contributed by atoms with van der Waals surface area (Å²) in [5.41, 5.74) is 0.275. The van der Waals surface area contributed by atoms with Crippen molar-refractivity contribution in [1.29, 1.82) is 0 Å². The molecule has 2 rings (SSSR count). The van der Waals surface area contributed by atoms with Crippen molar-refractivity contribution in [3.8, 4) is 0 Å². The molecular weight excluding hydrogens is 330 g/mol. The maximum absolute atomic E-state index is 12.0. The number of hydrogen-bond donors (Lipinski definition) is 2. The van der Waals surface area contributed by atoms with E-state index in [0.29, 0.717) is 11.4 Å². The third-order valence-corrected chi connectivity index (χ3v) is 3.53. The van der Waals surface area contributed by atoms with Crippen molar-refractivity contribution < 1.29 is 24.0 Å². The van der Waals surface area contributed by atoms with Crippen LogP contribution in [0, 0.1) is 17.0 Å². The fourth-order valence-electron chi connectivity index (χ4n) is 2.33. The van der Waals surface area contributed by atoms with Crippen molar-refractivity contribution in [3.63, 3.8) is 0 Å². The van der Waals surface area contributed by atoms with Gasteiger partial charge in [0.1, 0.15) is 22.8 Å². The molecule has 1 aromatic heterocycles. The largest absolute Gasteiger partial charge is 0.478 e. The number of amides is 1. The molecule has 25 heavy (non-hydrogen) atoms. The van der Waals surface area contributed by atoms with Crippen LogP contribution in [0.4, 0.5) is 11.4 Å². The Hall–Kier alpha value is -3.36. The Morgan fingerprint density at radius 1 is 1.36 bits per heavy atom. The number of aromatic carboxylic acids is 1. The van der Waals surface area contributed by atoms with Crippen molar-refractivity contribution >= 4 is 23.3 Å². The van der Waals surface area contributed by atoms with E-state index in [2.05, 4.69) is 5.32 Å². The molecule has 1 aromatic carbocycles. The minimum atomic E-state index is -1.10. The third kappa shape index (κ3) is 4.34. The van der Waals surface area contributed by atoms with Crippen LogP contribution in [0.2, 0.25) is 0 Å². The van der Waals surface area contributed by atoms with Crippen LogP contribution in [-0.4, -0.2) is 35.5 Å². The lowest BCUT2D eigenvalue weighted by Gasteiger charge is -2.18. The number of para-hydroxylation sites is 2. The van der Waals surface area contributed by atoms with E-state index in [0.717, 1.165) is 0 Å². The highest BCUT2D eigenvalue weighted by molar-refractivity contribution is 5.89. The first-order valence-electron chi connectivity index (χ1n) is 7.33. The van der Waals surface area contributed by atoms with Gasteiger partial charge in [-0.1, -0.05) is 12.1 Å². The number of rotatable bonds is 7. The number of carboxylic acid groups (broad SMARTS) is 1. The van der Waals surface area contributed by atoms with Crippen LogP contribution in [0.3, 0.4) is 0 Å². The van der Waals surface area contributed by atoms with Crippen LogP contribution in [0.5, 0.6) is 0 Å². The van der Waals surface area contributed by atoms with Gasteiger partial charge < -0.3 is 19.7 Å². The standard InChI is InChI=1S/C16H17N3O6/c1-10-12(16(21)22)7-11(25-10)8-17-15(20)9-18(2)13-5-3-4-6-14(13)19(23)24/h3-7H,8-9H2,1-2H3,(H,17,20)(H,21,22). The molecule has 0 aliphatic carbocycles. The molecule has 0 fully saturated rings. The Morgan fingerprint density at radius 3 is 2.64 bits per heavy atom. The summed E-state index contributed by atoms with van der Waals surface area (Å²) in [6.45, 7) is 1.45. The second-order valence-electron chi connectivity index (χ2n) is 5.37. The van der Waals surface area contributed by atoms with E-state index in [9.17, 15) is 19.7 Å². The van der Waals surface area contributed by atoms with Gasteiger partial charge in [0, 0.05) is 13.1 Å². The first-order chi connectivity index (χ1) is 11.8. The van der Waals surface area contributed by atoms with E-state index >= 15 is 0 Å². The van der Waals surface area contributed by atoms with Crippen LogP contribution >= 0.6 is 0 Å². The van der Waals surface area contributed by atoms with Gasteiger partial charge in [-0.15, -0.1) is 0 Å². The highest BCUT2D eigenvalue weighted by atomic mass is 16.6. The number of nitrogens with zero attached hydrogens (tertiary/aromatic N) is 2. The molecule has 0 saturated carbocycles. The maximum atomic E-state index is 12.0. The van der Waals surface area contributed by atoms with Crippen molar-refractivity contribution in [2.24, 2.45) is 0 Å². The van der Waals surface area contributed by atoms with E-state index in [1.807, 2.05) is 0 Å². The summed E-state index contributed by atoms with van der Waals surface area (Å²) in [5, 5.41) is 22.6. The van der Waals surface area contributed by atoms with E-state index in [1.54, 1.807) is 25.2 Å². The van der Waals surface area contributed by atoms with Crippen molar-refractivity contribution in [3.05, 3.63) is 57.5 Å². The average Bonchev–Trinajstić information content (AvgIpc) is 2.94. The van der Waals surface area contributed by atoms with E-state index < -0.39 is 10.9 Å². The number of carboxylic acids is 1. The summed E-state index contributed by atoms with van der Waals surface area (Å²) >= 11 is 0. The molecule has 9 heteroatoms. The number of nitro groups is 1. The Balaban J connectivity index is 1.97. The molecule has 1 amide bonds. The van der Waals surface area contributed by atoms with Gasteiger partial charge in [0.15, 0.2) is 0 Å². The maximum Gasteiger partial charge on any atom is 0.339 e. The topological polar surface area (TPSA) is 126 Å². The summed E-state index contributed by atoms with van der Waals surface area (Å²) in [6.07, 6.45) is 0. The second kappa shape index (κ2) is 7.47. The number of hydrogen-bond acceptors (Lipinski definition) is 6. The number of aryl methyl sites for hydroxylation is 1. The molecule has 0 spiro atoms. The smallest absolute Gasteiger partial charge is 0.339 e. The van der Waals surface area contributed by atoms with Crippen LogP contribution in [0.1, 0.15) is 21.9 Å². The average molecular weight is 347 g/mol. The number of carbonyl (C=O) groups excluding carboxylic acids is 1. The lowest BCUT2D eigenvalue weighted by atomic mass is 10.2. The first-order valence-corrected chi connectivity index (χ1v) is 7.33. The van der Waals surface area contributed by atoms with E-state index in [-0.39, 0.29) is 36.0 Å². The second-order valence-corrected chi connectivity index (χ2v) is 5.37. The molecule has 0 radical (unpaired) electrons. The van der Waals surface area contributed by atoms with Crippen LogP contribution in [0.25, 0.3) is 0 Å². The van der Waals surface area contributed by atoms with Gasteiger partial charge >= 0.3 is 5.97 Å². The van der Waals surface area contributed by atoms with Crippen molar-refractivity contribution in [2.45, 2.75) is 13.5 Å². The third-order valence-electron chi connectivity index (χ3n) is 3.53. The SMILES string of the molecule is Cc1oc(CNC(=O)CN(C)c2ccccc2[N+](=O)[O-])cc1C(=O)O. The molecule has 132 valence electrons. The quantitative estimate of drug-likeness (QED) is 0.579. The number of nitrogens with one attached hydrogen (secondary N) is 1. The summed E-state index contributed by atoms with van der Waals surface area (Å²) in [7, 11) is 1.57. The number of anilines is 1. The van der Waals surface area contributed by atoms with Crippen LogP contribution in [-0.2, 0) is 11.3 Å².